The van der Waals surface area contributed by atoms with E-state index in [1.165, 1.54) is 6.07 Å². The number of aliphatic hydroxyl groups is 1. The fourth-order valence-corrected chi connectivity index (χ4v) is 4.42. The molecule has 0 aliphatic rings. The number of benzene rings is 4. The Balaban J connectivity index is 1.42. The molecule has 216 valence electrons. The Morgan fingerprint density at radius 3 is 1.98 bits per heavy atom. The molecule has 0 saturated carbocycles. The maximum atomic E-state index is 13.1. The predicted octanol–water partition coefficient (Wildman–Crippen LogP) is 6.70. The van der Waals surface area contributed by atoms with Gasteiger partial charge in [0.05, 0.1) is 5.39 Å². The number of aliphatic hydroxyl groups excluding tert-OH is 1. The predicted molar refractivity (Wildman–Crippen MR) is 164 cm³/mol. The van der Waals surface area contributed by atoms with Gasteiger partial charge in [0, 0.05) is 42.8 Å². The van der Waals surface area contributed by atoms with E-state index in [2.05, 4.69) is 5.32 Å². The van der Waals surface area contributed by atoms with E-state index >= 15 is 0 Å². The topological polar surface area (TPSA) is 90.2 Å². The van der Waals surface area contributed by atoms with Gasteiger partial charge in [0.1, 0.15) is 41.8 Å². The summed E-state index contributed by atoms with van der Waals surface area (Å²) >= 11 is 0. The van der Waals surface area contributed by atoms with Crippen LogP contribution in [0.25, 0.3) is 22.3 Å². The van der Waals surface area contributed by atoms with E-state index in [1.807, 2.05) is 92.7 Å². The maximum Gasteiger partial charge on any atom is 0.198 e. The zero-order chi connectivity index (χ0) is 29.3. The van der Waals surface area contributed by atoms with Crippen LogP contribution in [0.5, 0.6) is 17.2 Å². The average molecular weight is 566 g/mol. The first-order valence-electron chi connectivity index (χ1n) is 14.1. The molecule has 2 N–H and O–H groups in total. The molecule has 42 heavy (non-hydrogen) atoms. The molecule has 0 aliphatic heterocycles. The van der Waals surface area contributed by atoms with Crippen molar-refractivity contribution < 1.29 is 23.7 Å². The summed E-state index contributed by atoms with van der Waals surface area (Å²) in [5.41, 5.74) is 2.85. The lowest BCUT2D eigenvalue weighted by molar-refractivity contribution is -0.0225. The molecular formula is C35H35NO6. The van der Waals surface area contributed by atoms with E-state index < -0.39 is 6.29 Å². The number of hydrogen-bond acceptors (Lipinski definition) is 7. The highest BCUT2D eigenvalue weighted by Crippen LogP contribution is 2.32. The van der Waals surface area contributed by atoms with Crippen LogP contribution in [0.4, 0.5) is 0 Å². The highest BCUT2D eigenvalue weighted by atomic mass is 16.6. The second-order valence-corrected chi connectivity index (χ2v) is 10.3. The molecular weight excluding hydrogens is 530 g/mol. The van der Waals surface area contributed by atoms with Crippen LogP contribution in [0.15, 0.2) is 112 Å². The first-order valence-corrected chi connectivity index (χ1v) is 14.1. The molecule has 0 aliphatic carbocycles. The Hall–Kier alpha value is -4.59. The van der Waals surface area contributed by atoms with Crippen LogP contribution in [-0.2, 0) is 13.2 Å². The summed E-state index contributed by atoms with van der Waals surface area (Å²) in [6, 6.07) is 32.0. The maximum absolute atomic E-state index is 13.1. The first-order chi connectivity index (χ1) is 20.4. The van der Waals surface area contributed by atoms with Gasteiger partial charge in [-0.3, -0.25) is 4.79 Å². The van der Waals surface area contributed by atoms with Gasteiger partial charge >= 0.3 is 0 Å². The van der Waals surface area contributed by atoms with Crippen molar-refractivity contribution >= 4 is 11.0 Å². The summed E-state index contributed by atoms with van der Waals surface area (Å²) in [4.78, 5) is 13.1. The lowest BCUT2D eigenvalue weighted by Crippen LogP contribution is -2.28. The van der Waals surface area contributed by atoms with Gasteiger partial charge in [0.15, 0.2) is 11.7 Å². The van der Waals surface area contributed by atoms with Crippen LogP contribution in [0, 0.1) is 0 Å². The third-order valence-electron chi connectivity index (χ3n) is 6.58. The van der Waals surface area contributed by atoms with Crippen molar-refractivity contribution in [3.05, 3.63) is 124 Å². The summed E-state index contributed by atoms with van der Waals surface area (Å²) < 4.78 is 24.1. The Kier molecular flexibility index (Phi) is 9.54. The van der Waals surface area contributed by atoms with Crippen molar-refractivity contribution in [3.8, 4) is 28.6 Å². The summed E-state index contributed by atoms with van der Waals surface area (Å²) in [5.74, 6) is 1.93. The molecule has 1 atom stereocenters. The molecule has 0 radical (unpaired) electrons. The van der Waals surface area contributed by atoms with Gasteiger partial charge in [0.2, 0.25) is 0 Å². The number of hydrogen-bond donors (Lipinski definition) is 2. The lowest BCUT2D eigenvalue weighted by Gasteiger charge is -2.15. The van der Waals surface area contributed by atoms with Crippen LogP contribution in [0.3, 0.4) is 0 Å². The molecule has 0 amide bonds. The fraction of sp³-hybridized carbons (Fsp3) is 0.229. The summed E-state index contributed by atoms with van der Waals surface area (Å²) in [7, 11) is 0. The lowest BCUT2D eigenvalue weighted by atomic mass is 10.1. The van der Waals surface area contributed by atoms with Crippen LogP contribution in [-0.4, -0.2) is 24.0 Å². The normalized spacial score (nSPS) is 11.9. The van der Waals surface area contributed by atoms with E-state index in [4.69, 9.17) is 18.6 Å². The van der Waals surface area contributed by atoms with Gasteiger partial charge in [-0.25, -0.2) is 0 Å². The Morgan fingerprint density at radius 1 is 0.762 bits per heavy atom. The van der Waals surface area contributed by atoms with E-state index in [0.717, 1.165) is 11.1 Å². The molecule has 0 fully saturated rings. The summed E-state index contributed by atoms with van der Waals surface area (Å²) in [5, 5.41) is 14.0. The SMILES string of the molecule is CC(C)NCCC(O)Oc1ccc2c(=O)cc(-c3cc(OCc4ccccc4)cc(OCc4ccccc4)c3)oc2c1. The van der Waals surface area contributed by atoms with E-state index in [0.29, 0.717) is 71.8 Å². The Labute approximate surface area is 245 Å². The van der Waals surface area contributed by atoms with Crippen LogP contribution >= 0.6 is 0 Å². The average Bonchev–Trinajstić information content (AvgIpc) is 2.99. The van der Waals surface area contributed by atoms with Gasteiger partial charge in [-0.15, -0.1) is 0 Å². The first kappa shape index (κ1) is 28.9. The van der Waals surface area contributed by atoms with Gasteiger partial charge in [-0.2, -0.15) is 0 Å². The molecule has 1 aromatic heterocycles. The molecule has 5 rings (SSSR count). The number of rotatable bonds is 13. The van der Waals surface area contributed by atoms with Crippen molar-refractivity contribution in [2.24, 2.45) is 0 Å². The summed E-state index contributed by atoms with van der Waals surface area (Å²) in [6.45, 7) is 5.45. The van der Waals surface area contributed by atoms with Crippen molar-refractivity contribution in [2.45, 2.75) is 45.8 Å². The van der Waals surface area contributed by atoms with Crippen molar-refractivity contribution in [1.29, 1.82) is 0 Å². The minimum Gasteiger partial charge on any atom is -0.489 e. The standard InChI is InChI=1S/C35H35NO6/c1-24(2)36-16-15-35(38)41-28-13-14-31-32(37)21-33(42-34(31)20-28)27-17-29(39-22-25-9-5-3-6-10-25)19-30(18-27)40-23-26-11-7-4-8-12-26/h3-14,17-21,24,35-36,38H,15-16,22-23H2,1-2H3. The highest BCUT2D eigenvalue weighted by molar-refractivity contribution is 5.80. The van der Waals surface area contributed by atoms with Crippen LogP contribution in [0.2, 0.25) is 0 Å². The molecule has 1 unspecified atom stereocenters. The van der Waals surface area contributed by atoms with Crippen LogP contribution < -0.4 is 25.0 Å². The molecule has 0 spiro atoms. The van der Waals surface area contributed by atoms with E-state index in [-0.39, 0.29) is 5.43 Å². The minimum atomic E-state index is -0.994. The quantitative estimate of drug-likeness (QED) is 0.154. The Morgan fingerprint density at radius 2 is 1.38 bits per heavy atom. The fourth-order valence-electron chi connectivity index (χ4n) is 4.42. The van der Waals surface area contributed by atoms with Crippen molar-refractivity contribution in [3.63, 3.8) is 0 Å². The third kappa shape index (κ3) is 8.00. The molecule has 5 aromatic rings. The van der Waals surface area contributed by atoms with E-state index in [1.54, 1.807) is 18.2 Å². The van der Waals surface area contributed by atoms with Crippen molar-refractivity contribution in [2.75, 3.05) is 6.54 Å². The summed E-state index contributed by atoms with van der Waals surface area (Å²) in [6.07, 6.45) is -0.576. The zero-order valence-electron chi connectivity index (χ0n) is 23.8. The zero-order valence-corrected chi connectivity index (χ0v) is 23.8. The molecule has 0 saturated heterocycles. The molecule has 7 heteroatoms. The van der Waals surface area contributed by atoms with Crippen LogP contribution in [0.1, 0.15) is 31.4 Å². The van der Waals surface area contributed by atoms with Gasteiger partial charge in [0.25, 0.3) is 0 Å². The second kappa shape index (κ2) is 13.9. The molecule has 1 heterocycles. The molecule has 0 bridgehead atoms. The minimum absolute atomic E-state index is 0.193. The van der Waals surface area contributed by atoms with E-state index in [9.17, 15) is 9.90 Å². The second-order valence-electron chi connectivity index (χ2n) is 10.3. The molecule has 4 aromatic carbocycles. The monoisotopic (exact) mass is 565 g/mol. The molecule has 7 nitrogen and oxygen atoms in total. The number of ether oxygens (including phenoxy) is 3. The van der Waals surface area contributed by atoms with Crippen molar-refractivity contribution in [1.82, 2.24) is 5.32 Å². The number of nitrogens with one attached hydrogen (secondary N) is 1. The van der Waals surface area contributed by atoms with Gasteiger partial charge in [-0.05, 0) is 35.4 Å². The largest absolute Gasteiger partial charge is 0.489 e. The highest BCUT2D eigenvalue weighted by Gasteiger charge is 2.13. The number of fused-ring (bicyclic) bond motifs is 1. The van der Waals surface area contributed by atoms with Gasteiger partial charge in [-0.1, -0.05) is 74.5 Å². The van der Waals surface area contributed by atoms with Gasteiger partial charge < -0.3 is 29.1 Å². The third-order valence-corrected chi connectivity index (χ3v) is 6.58. The Bertz CT molecular complexity index is 1590. The smallest absolute Gasteiger partial charge is 0.198 e.